The van der Waals surface area contributed by atoms with Gasteiger partial charge < -0.3 is 23.8 Å². The normalized spacial score (nSPS) is 15.1. The van der Waals surface area contributed by atoms with Crippen molar-refractivity contribution in [2.45, 2.75) is 25.7 Å². The van der Waals surface area contributed by atoms with Gasteiger partial charge in [-0.05, 0) is 31.5 Å². The van der Waals surface area contributed by atoms with E-state index in [1.54, 1.807) is 36.1 Å². The third-order valence-corrected chi connectivity index (χ3v) is 4.42. The second kappa shape index (κ2) is 9.33. The van der Waals surface area contributed by atoms with Crippen LogP contribution in [-0.4, -0.2) is 66.4 Å². The molecule has 1 amide bonds. The Kier molecular flexibility index (Phi) is 6.61. The van der Waals surface area contributed by atoms with Gasteiger partial charge >= 0.3 is 5.97 Å². The molecule has 2 aromatic rings. The number of nitrogens with zero attached hydrogens (tertiary/aromatic N) is 3. The first-order valence-corrected chi connectivity index (χ1v) is 9.17. The number of carbonyl (C=O) groups is 2. The molecule has 3 rings (SSSR count). The number of benzene rings is 1. The van der Waals surface area contributed by atoms with Crippen LogP contribution in [0, 0.1) is 0 Å². The number of rotatable bonds is 8. The van der Waals surface area contributed by atoms with Crippen LogP contribution in [0.2, 0.25) is 0 Å². The van der Waals surface area contributed by atoms with E-state index < -0.39 is 18.4 Å². The smallest absolute Gasteiger partial charge is 0.337 e. The Morgan fingerprint density at radius 3 is 2.48 bits per heavy atom. The first-order chi connectivity index (χ1) is 14.0. The Morgan fingerprint density at radius 2 is 1.90 bits per heavy atom. The summed E-state index contributed by atoms with van der Waals surface area (Å²) >= 11 is 0. The Hall–Kier alpha value is -3.20. The van der Waals surface area contributed by atoms with Gasteiger partial charge in [0.2, 0.25) is 12.2 Å². The molecule has 1 unspecified atom stereocenters. The first kappa shape index (κ1) is 20.5. The maximum absolute atomic E-state index is 12.1. The number of carbonyl (C=O) groups excluding carboxylic acids is 2. The highest BCUT2D eigenvalue weighted by molar-refractivity contribution is 5.92. The number of aromatic nitrogens is 2. The Morgan fingerprint density at radius 1 is 1.10 bits per heavy atom. The minimum absolute atomic E-state index is 0.138. The van der Waals surface area contributed by atoms with Crippen molar-refractivity contribution in [1.82, 2.24) is 14.9 Å². The number of amides is 1. The Balaban J connectivity index is 1.61. The van der Waals surface area contributed by atoms with Gasteiger partial charge in [-0.25, -0.2) is 14.8 Å². The predicted molar refractivity (Wildman–Crippen MR) is 102 cm³/mol. The number of hydrogen-bond acceptors (Lipinski definition) is 8. The maximum Gasteiger partial charge on any atom is 0.337 e. The summed E-state index contributed by atoms with van der Waals surface area (Å²) in [7, 11) is 2.79. The molecule has 1 aromatic carbocycles. The molecule has 29 heavy (non-hydrogen) atoms. The fraction of sp³-hybridized carbons (Fsp3) is 0.400. The minimum atomic E-state index is -0.789. The van der Waals surface area contributed by atoms with Crippen molar-refractivity contribution in [2.24, 2.45) is 0 Å². The van der Waals surface area contributed by atoms with E-state index in [1.165, 1.54) is 26.6 Å². The summed E-state index contributed by atoms with van der Waals surface area (Å²) in [5.74, 6) is 0.0787. The summed E-state index contributed by atoms with van der Waals surface area (Å²) in [5.41, 5.74) is 0.648. The van der Waals surface area contributed by atoms with Crippen LogP contribution >= 0.6 is 0 Å². The molecule has 1 saturated heterocycles. The summed E-state index contributed by atoms with van der Waals surface area (Å²) < 4.78 is 21.6. The van der Waals surface area contributed by atoms with Crippen molar-refractivity contribution in [1.29, 1.82) is 0 Å². The lowest BCUT2D eigenvalue weighted by Gasteiger charge is -2.30. The topological polar surface area (TPSA) is 100 Å². The second-order valence-electron chi connectivity index (χ2n) is 6.45. The fourth-order valence-corrected chi connectivity index (χ4v) is 2.71. The van der Waals surface area contributed by atoms with Crippen LogP contribution in [0.4, 0.5) is 0 Å². The van der Waals surface area contributed by atoms with E-state index in [0.29, 0.717) is 11.3 Å². The lowest BCUT2D eigenvalue weighted by molar-refractivity contribution is -0.114. The molecule has 1 aliphatic heterocycles. The third-order valence-electron chi connectivity index (χ3n) is 4.42. The fourth-order valence-electron chi connectivity index (χ4n) is 2.71. The van der Waals surface area contributed by atoms with E-state index in [2.05, 4.69) is 9.97 Å². The summed E-state index contributed by atoms with van der Waals surface area (Å²) in [6.45, 7) is 3.25. The quantitative estimate of drug-likeness (QED) is 0.489. The molecule has 2 atom stereocenters. The highest BCUT2D eigenvalue weighted by Gasteiger charge is 2.24. The number of likely N-dealkylation sites (tertiary alicyclic amines) is 1. The number of methoxy groups -OCH3 is 2. The van der Waals surface area contributed by atoms with E-state index >= 15 is 0 Å². The van der Waals surface area contributed by atoms with Gasteiger partial charge in [-0.3, -0.25) is 4.79 Å². The molecule has 2 heterocycles. The zero-order valence-corrected chi connectivity index (χ0v) is 16.5. The predicted octanol–water partition coefficient (Wildman–Crippen LogP) is 1.93. The van der Waals surface area contributed by atoms with Crippen molar-refractivity contribution in [2.75, 3.05) is 27.3 Å². The van der Waals surface area contributed by atoms with Crippen molar-refractivity contribution >= 4 is 11.9 Å². The van der Waals surface area contributed by atoms with Gasteiger partial charge in [0.15, 0.2) is 6.10 Å². The van der Waals surface area contributed by atoms with E-state index in [4.69, 9.17) is 18.9 Å². The van der Waals surface area contributed by atoms with Gasteiger partial charge in [-0.2, -0.15) is 0 Å². The summed E-state index contributed by atoms with van der Waals surface area (Å²) in [5, 5.41) is 0. The Labute approximate surface area is 168 Å². The molecule has 1 aliphatic rings. The van der Waals surface area contributed by atoms with Crippen LogP contribution in [0.25, 0.3) is 0 Å². The summed E-state index contributed by atoms with van der Waals surface area (Å²) in [4.78, 5) is 33.8. The van der Waals surface area contributed by atoms with Gasteiger partial charge in [-0.15, -0.1) is 0 Å². The van der Waals surface area contributed by atoms with E-state index in [9.17, 15) is 9.59 Å². The molecular weight excluding hydrogens is 378 g/mol. The average molecular weight is 401 g/mol. The lowest BCUT2D eigenvalue weighted by Crippen LogP contribution is -2.42. The molecule has 0 radical (unpaired) electrons. The van der Waals surface area contributed by atoms with Crippen molar-refractivity contribution in [3.05, 3.63) is 47.9 Å². The molecule has 0 spiro atoms. The van der Waals surface area contributed by atoms with Crippen molar-refractivity contribution < 1.29 is 28.5 Å². The maximum atomic E-state index is 12.1. The van der Waals surface area contributed by atoms with Gasteiger partial charge in [-0.1, -0.05) is 6.07 Å². The summed E-state index contributed by atoms with van der Waals surface area (Å²) in [6.07, 6.45) is 2.45. The SMILES string of the molecule is COC(=O)c1cccc(O[C@H](C)C(OC)Oc2cnc(C(=O)N3CCC3)cn2)c1. The lowest BCUT2D eigenvalue weighted by atomic mass is 10.2. The molecule has 0 aliphatic carbocycles. The van der Waals surface area contributed by atoms with Crippen LogP contribution in [0.1, 0.15) is 34.2 Å². The molecule has 0 saturated carbocycles. The molecule has 0 bridgehead atoms. The Bertz CT molecular complexity index is 854. The number of esters is 1. The van der Waals surface area contributed by atoms with Crippen LogP contribution in [-0.2, 0) is 9.47 Å². The highest BCUT2D eigenvalue weighted by Crippen LogP contribution is 2.19. The van der Waals surface area contributed by atoms with E-state index in [1.807, 2.05) is 0 Å². The van der Waals surface area contributed by atoms with E-state index in [-0.39, 0.29) is 17.5 Å². The third kappa shape index (κ3) is 5.00. The second-order valence-corrected chi connectivity index (χ2v) is 6.45. The van der Waals surface area contributed by atoms with Gasteiger partial charge in [0.05, 0.1) is 25.1 Å². The zero-order valence-electron chi connectivity index (χ0n) is 16.5. The van der Waals surface area contributed by atoms with Gasteiger partial charge in [0, 0.05) is 20.2 Å². The highest BCUT2D eigenvalue weighted by atomic mass is 16.7. The molecule has 1 aromatic heterocycles. The number of hydrogen-bond donors (Lipinski definition) is 0. The molecule has 0 N–H and O–H groups in total. The molecule has 9 heteroatoms. The van der Waals surface area contributed by atoms with E-state index in [0.717, 1.165) is 19.5 Å². The van der Waals surface area contributed by atoms with Crippen LogP contribution in [0.3, 0.4) is 0 Å². The van der Waals surface area contributed by atoms with Crippen molar-refractivity contribution in [3.8, 4) is 11.6 Å². The van der Waals surface area contributed by atoms with Crippen LogP contribution in [0.15, 0.2) is 36.7 Å². The molecular formula is C20H23N3O6. The van der Waals surface area contributed by atoms with Crippen LogP contribution < -0.4 is 9.47 Å². The molecule has 1 fully saturated rings. The first-order valence-electron chi connectivity index (χ1n) is 9.17. The summed E-state index contributed by atoms with van der Waals surface area (Å²) in [6, 6.07) is 6.61. The standard InChI is InChI=1S/C20H23N3O6/c1-13(28-15-7-4-6-14(10-15)19(25)26-2)20(27-3)29-17-12-21-16(11-22-17)18(24)23-8-5-9-23/h4,6-7,10-13,20H,5,8-9H2,1-3H3/t13-,20?/m1/s1. The minimum Gasteiger partial charge on any atom is -0.484 e. The van der Waals surface area contributed by atoms with Gasteiger partial charge in [0.1, 0.15) is 11.4 Å². The zero-order chi connectivity index (χ0) is 20.8. The largest absolute Gasteiger partial charge is 0.484 e. The van der Waals surface area contributed by atoms with Crippen LogP contribution in [0.5, 0.6) is 11.6 Å². The van der Waals surface area contributed by atoms with Gasteiger partial charge in [0.25, 0.3) is 5.91 Å². The average Bonchev–Trinajstić information content (AvgIpc) is 2.70. The molecule has 154 valence electrons. The number of ether oxygens (including phenoxy) is 4. The van der Waals surface area contributed by atoms with Crippen molar-refractivity contribution in [3.63, 3.8) is 0 Å². The monoisotopic (exact) mass is 401 g/mol. The molecule has 9 nitrogen and oxygen atoms in total.